The molecule has 2 aromatic carbocycles. The van der Waals surface area contributed by atoms with Gasteiger partial charge < -0.3 is 30.5 Å². The molecule has 3 amide bonds. The van der Waals surface area contributed by atoms with E-state index in [4.69, 9.17) is 0 Å². The van der Waals surface area contributed by atoms with Crippen molar-refractivity contribution < 1.29 is 29.1 Å². The lowest BCUT2D eigenvalue weighted by Gasteiger charge is -2.31. The monoisotopic (exact) mass is 547 g/mol. The number of carbonyl (C=O) groups is 5. The Bertz CT molecular complexity index is 1340. The van der Waals surface area contributed by atoms with E-state index in [0.29, 0.717) is 42.8 Å². The second-order valence-electron chi connectivity index (χ2n) is 8.77. The largest absolute Gasteiger partial charge is 0.383 e. The molecule has 210 valence electrons. The summed E-state index contributed by atoms with van der Waals surface area (Å²) in [6.07, 6.45) is 8.39. The van der Waals surface area contributed by atoms with Crippen molar-refractivity contribution in [3.63, 3.8) is 0 Å². The molecule has 0 radical (unpaired) electrons. The molecule has 4 rings (SSSR count). The van der Waals surface area contributed by atoms with Crippen molar-refractivity contribution in [3.8, 4) is 12.8 Å². The molecule has 3 aromatic rings. The van der Waals surface area contributed by atoms with Crippen LogP contribution in [-0.4, -0.2) is 96.1 Å². The van der Waals surface area contributed by atoms with E-state index in [9.17, 15) is 29.1 Å². The molecule has 1 aliphatic rings. The van der Waals surface area contributed by atoms with E-state index in [1.807, 2.05) is 25.2 Å². The average molecular weight is 548 g/mol. The number of aromatic amines is 1. The fourth-order valence-corrected chi connectivity index (χ4v) is 3.83. The van der Waals surface area contributed by atoms with E-state index in [0.717, 1.165) is 11.8 Å². The Labute approximate surface area is 232 Å². The van der Waals surface area contributed by atoms with E-state index < -0.39 is 29.6 Å². The topological polar surface area (TPSA) is 152 Å². The number of amides is 3. The summed E-state index contributed by atoms with van der Waals surface area (Å²) in [5, 5.41) is 15.3. The van der Waals surface area contributed by atoms with E-state index in [1.165, 1.54) is 13.2 Å². The van der Waals surface area contributed by atoms with Gasteiger partial charge in [-0.15, -0.1) is 12.8 Å². The Balaban J connectivity index is 0.000000475. The SMILES string of the molecule is C#C.CNC(=O)CC(O)C(=O)Nc1cccc2c(C(=O)C(=O)N3CCN(C)CC3)c[nH]c12.O=Cc1ccccc1. The van der Waals surface area contributed by atoms with Crippen LogP contribution < -0.4 is 10.6 Å². The number of aliphatic hydroxyl groups is 1. The average Bonchev–Trinajstić information content (AvgIpc) is 3.43. The molecule has 1 fully saturated rings. The number of fused-ring (bicyclic) bond motifs is 1. The van der Waals surface area contributed by atoms with Crippen LogP contribution in [0.1, 0.15) is 27.1 Å². The van der Waals surface area contributed by atoms with Crippen molar-refractivity contribution in [2.24, 2.45) is 0 Å². The highest BCUT2D eigenvalue weighted by Crippen LogP contribution is 2.26. The normalized spacial score (nSPS) is 13.5. The van der Waals surface area contributed by atoms with Gasteiger partial charge in [0.15, 0.2) is 0 Å². The fraction of sp³-hybridized carbons (Fsp3) is 0.276. The van der Waals surface area contributed by atoms with Crippen LogP contribution in [0.25, 0.3) is 10.9 Å². The van der Waals surface area contributed by atoms with Gasteiger partial charge in [-0.2, -0.15) is 0 Å². The quantitative estimate of drug-likeness (QED) is 0.151. The molecule has 1 aliphatic heterocycles. The zero-order chi connectivity index (χ0) is 29.7. The van der Waals surface area contributed by atoms with E-state index in [2.05, 4.69) is 33.4 Å². The summed E-state index contributed by atoms with van der Waals surface area (Å²) in [4.78, 5) is 65.5. The second-order valence-corrected chi connectivity index (χ2v) is 8.77. The number of anilines is 1. The summed E-state index contributed by atoms with van der Waals surface area (Å²) in [7, 11) is 3.37. The maximum atomic E-state index is 12.8. The summed E-state index contributed by atoms with van der Waals surface area (Å²) in [5.74, 6) is -2.39. The lowest BCUT2D eigenvalue weighted by atomic mass is 10.1. The van der Waals surface area contributed by atoms with Gasteiger partial charge in [-0.3, -0.25) is 24.0 Å². The highest BCUT2D eigenvalue weighted by atomic mass is 16.3. The van der Waals surface area contributed by atoms with Crippen LogP contribution in [0.4, 0.5) is 5.69 Å². The Hall–Kier alpha value is -4.79. The van der Waals surface area contributed by atoms with Gasteiger partial charge in [0.05, 0.1) is 23.2 Å². The van der Waals surface area contributed by atoms with Gasteiger partial charge in [0, 0.05) is 50.4 Å². The number of piperazine rings is 1. The molecule has 2 heterocycles. The number of para-hydroxylation sites is 1. The summed E-state index contributed by atoms with van der Waals surface area (Å²) in [6, 6.07) is 14.0. The first-order chi connectivity index (χ1) is 19.2. The van der Waals surface area contributed by atoms with Crippen LogP contribution in [0.15, 0.2) is 54.7 Å². The standard InChI is InChI=1S/C20H25N5O5.C7H6O.C2H2/c1-21-16(27)10-15(26)19(29)23-14-5-3-4-12-13(11-22-17(12)14)18(28)20(30)25-8-6-24(2)7-9-25;8-6-7-4-2-1-3-5-7;1-2/h3-5,11,15,22,26H,6-10H2,1-2H3,(H,21,27)(H,23,29);1-6H;1-2H. The fourth-order valence-electron chi connectivity index (χ4n) is 3.83. The van der Waals surface area contributed by atoms with Crippen molar-refractivity contribution in [3.05, 3.63) is 65.9 Å². The third-order valence-corrected chi connectivity index (χ3v) is 6.10. The number of carbonyl (C=O) groups excluding carboxylic acids is 5. The van der Waals surface area contributed by atoms with E-state index in [1.54, 1.807) is 35.2 Å². The lowest BCUT2D eigenvalue weighted by molar-refractivity contribution is -0.130. The number of aliphatic hydroxyl groups excluding tert-OH is 1. The van der Waals surface area contributed by atoms with Crippen LogP contribution in [0.3, 0.4) is 0 Å². The molecule has 11 heteroatoms. The first-order valence-corrected chi connectivity index (χ1v) is 12.4. The predicted molar refractivity (Wildman–Crippen MR) is 152 cm³/mol. The molecule has 11 nitrogen and oxygen atoms in total. The molecule has 0 spiro atoms. The van der Waals surface area contributed by atoms with Crippen molar-refractivity contribution in [1.29, 1.82) is 0 Å². The number of aldehydes is 1. The highest BCUT2D eigenvalue weighted by Gasteiger charge is 2.28. The van der Waals surface area contributed by atoms with Gasteiger partial charge in [0.25, 0.3) is 17.6 Å². The Morgan fingerprint density at radius 2 is 1.68 bits per heavy atom. The Kier molecular flexibility index (Phi) is 12.2. The number of nitrogens with zero attached hydrogens (tertiary/aromatic N) is 2. The third-order valence-electron chi connectivity index (χ3n) is 6.10. The molecule has 0 bridgehead atoms. The molecule has 40 heavy (non-hydrogen) atoms. The number of nitrogens with one attached hydrogen (secondary N) is 3. The number of hydrogen-bond acceptors (Lipinski definition) is 7. The molecule has 1 saturated heterocycles. The minimum absolute atomic E-state index is 0.218. The summed E-state index contributed by atoms with van der Waals surface area (Å²) >= 11 is 0. The number of rotatable bonds is 7. The van der Waals surface area contributed by atoms with Gasteiger partial charge in [0.1, 0.15) is 12.4 Å². The highest BCUT2D eigenvalue weighted by molar-refractivity contribution is 6.45. The van der Waals surface area contributed by atoms with Crippen LogP contribution >= 0.6 is 0 Å². The number of terminal acetylenes is 1. The van der Waals surface area contributed by atoms with Gasteiger partial charge in [-0.05, 0) is 13.1 Å². The molecule has 4 N–H and O–H groups in total. The maximum Gasteiger partial charge on any atom is 0.295 e. The van der Waals surface area contributed by atoms with Gasteiger partial charge in [-0.25, -0.2) is 0 Å². The van der Waals surface area contributed by atoms with E-state index >= 15 is 0 Å². The maximum absolute atomic E-state index is 12.8. The summed E-state index contributed by atoms with van der Waals surface area (Å²) in [6.45, 7) is 2.41. The Morgan fingerprint density at radius 1 is 1.02 bits per heavy atom. The number of ketones is 1. The van der Waals surface area contributed by atoms with Crippen molar-refractivity contribution in [1.82, 2.24) is 20.1 Å². The van der Waals surface area contributed by atoms with Gasteiger partial charge in [-0.1, -0.05) is 42.5 Å². The molecule has 1 aromatic heterocycles. The van der Waals surface area contributed by atoms with E-state index in [-0.39, 0.29) is 12.0 Å². The first kappa shape index (κ1) is 31.4. The van der Waals surface area contributed by atoms with Crippen molar-refractivity contribution in [2.45, 2.75) is 12.5 Å². The zero-order valence-electron chi connectivity index (χ0n) is 22.4. The minimum Gasteiger partial charge on any atom is -0.383 e. The van der Waals surface area contributed by atoms with Crippen LogP contribution in [0.2, 0.25) is 0 Å². The third kappa shape index (κ3) is 8.36. The second kappa shape index (κ2) is 15.6. The van der Waals surface area contributed by atoms with Crippen LogP contribution in [0.5, 0.6) is 0 Å². The van der Waals surface area contributed by atoms with Gasteiger partial charge in [0.2, 0.25) is 5.91 Å². The number of benzene rings is 2. The molecular weight excluding hydrogens is 514 g/mol. The molecule has 1 atom stereocenters. The molecule has 0 saturated carbocycles. The molecule has 1 unspecified atom stereocenters. The van der Waals surface area contributed by atoms with Crippen molar-refractivity contribution >= 4 is 46.4 Å². The smallest absolute Gasteiger partial charge is 0.295 e. The summed E-state index contributed by atoms with van der Waals surface area (Å²) in [5.41, 5.74) is 1.73. The molecule has 0 aliphatic carbocycles. The first-order valence-electron chi connectivity index (χ1n) is 12.4. The lowest BCUT2D eigenvalue weighted by Crippen LogP contribution is -2.49. The zero-order valence-corrected chi connectivity index (χ0v) is 22.4. The summed E-state index contributed by atoms with van der Waals surface area (Å²) < 4.78 is 0. The minimum atomic E-state index is -1.52. The number of likely N-dealkylation sites (N-methyl/N-ethyl adjacent to an activating group) is 1. The number of Topliss-reactive ketones (excluding diaryl/α,β-unsaturated/α-hetero) is 1. The van der Waals surface area contributed by atoms with Crippen LogP contribution in [0, 0.1) is 12.8 Å². The predicted octanol–water partition coefficient (Wildman–Crippen LogP) is 1.31. The van der Waals surface area contributed by atoms with Gasteiger partial charge >= 0.3 is 0 Å². The van der Waals surface area contributed by atoms with Crippen LogP contribution in [-0.2, 0) is 14.4 Å². The number of hydrogen-bond donors (Lipinski definition) is 4. The Morgan fingerprint density at radius 3 is 2.25 bits per heavy atom. The number of H-pyrrole nitrogens is 1. The molecular formula is C29H33N5O6. The number of aromatic nitrogens is 1. The van der Waals surface area contributed by atoms with Crippen molar-refractivity contribution in [2.75, 3.05) is 45.6 Å².